The zero-order chi connectivity index (χ0) is 10.7. The third kappa shape index (κ3) is 2.49. The van der Waals surface area contributed by atoms with Gasteiger partial charge in [0.1, 0.15) is 0 Å². The van der Waals surface area contributed by atoms with Gasteiger partial charge in [0.2, 0.25) is 5.91 Å². The molecule has 1 aliphatic carbocycles. The number of carbonyl (C=O) groups is 1. The third-order valence-corrected chi connectivity index (χ3v) is 3.42. The van der Waals surface area contributed by atoms with Crippen LogP contribution in [0.25, 0.3) is 0 Å². The predicted octanol–water partition coefficient (Wildman–Crippen LogP) is 0.363. The molecule has 0 aromatic heterocycles. The fourth-order valence-corrected chi connectivity index (χ4v) is 2.50. The van der Waals surface area contributed by atoms with E-state index in [4.69, 9.17) is 10.5 Å². The summed E-state index contributed by atoms with van der Waals surface area (Å²) in [6.07, 6.45) is 4.02. The van der Waals surface area contributed by atoms with Crippen LogP contribution in [0.1, 0.15) is 25.7 Å². The lowest BCUT2D eigenvalue weighted by Gasteiger charge is -2.25. The first kappa shape index (κ1) is 10.9. The van der Waals surface area contributed by atoms with E-state index in [0.29, 0.717) is 6.61 Å². The topological polar surface area (TPSA) is 55.6 Å². The lowest BCUT2D eigenvalue weighted by molar-refractivity contribution is -0.135. The van der Waals surface area contributed by atoms with Crippen LogP contribution in [0, 0.1) is 5.92 Å². The van der Waals surface area contributed by atoms with Crippen molar-refractivity contribution >= 4 is 5.91 Å². The van der Waals surface area contributed by atoms with Gasteiger partial charge in [-0.2, -0.15) is 0 Å². The molecule has 4 nitrogen and oxygen atoms in total. The molecule has 1 saturated carbocycles. The van der Waals surface area contributed by atoms with Gasteiger partial charge in [-0.3, -0.25) is 4.79 Å². The number of amides is 1. The number of rotatable bonds is 1. The summed E-state index contributed by atoms with van der Waals surface area (Å²) in [6.45, 7) is 3.03. The van der Waals surface area contributed by atoms with Crippen LogP contribution in [0.4, 0.5) is 0 Å². The molecule has 0 spiro atoms. The average molecular weight is 212 g/mol. The van der Waals surface area contributed by atoms with Crippen LogP contribution in [0.2, 0.25) is 0 Å². The van der Waals surface area contributed by atoms with Crippen molar-refractivity contribution in [2.75, 3.05) is 26.3 Å². The van der Waals surface area contributed by atoms with Gasteiger partial charge in [-0.15, -0.1) is 0 Å². The van der Waals surface area contributed by atoms with Gasteiger partial charge in [0.05, 0.1) is 12.5 Å². The molecule has 0 aromatic carbocycles. The van der Waals surface area contributed by atoms with E-state index in [1.54, 1.807) is 0 Å². The highest BCUT2D eigenvalue weighted by Gasteiger charge is 2.33. The molecular formula is C11H20N2O2. The minimum absolute atomic E-state index is 0.0723. The Morgan fingerprint density at radius 1 is 1.20 bits per heavy atom. The van der Waals surface area contributed by atoms with Crippen LogP contribution in [0.5, 0.6) is 0 Å². The van der Waals surface area contributed by atoms with Gasteiger partial charge < -0.3 is 15.4 Å². The standard InChI is InChI=1S/C11H20N2O2/c12-10-4-1-3-9(10)11(14)13-5-2-7-15-8-6-13/h9-10H,1-8,12H2. The normalized spacial score (nSPS) is 32.7. The number of carbonyl (C=O) groups excluding carboxylic acids is 1. The van der Waals surface area contributed by atoms with Gasteiger partial charge in [-0.1, -0.05) is 6.42 Å². The van der Waals surface area contributed by atoms with Crippen molar-refractivity contribution in [3.8, 4) is 0 Å². The summed E-state index contributed by atoms with van der Waals surface area (Å²) in [5.74, 6) is 0.327. The van der Waals surface area contributed by atoms with Crippen molar-refractivity contribution in [3.63, 3.8) is 0 Å². The molecule has 1 heterocycles. The summed E-state index contributed by atoms with van der Waals surface area (Å²) in [6, 6.07) is 0.0849. The van der Waals surface area contributed by atoms with Crippen LogP contribution >= 0.6 is 0 Å². The maximum atomic E-state index is 12.2. The fraction of sp³-hybridized carbons (Fsp3) is 0.909. The van der Waals surface area contributed by atoms with Crippen molar-refractivity contribution in [2.45, 2.75) is 31.7 Å². The maximum absolute atomic E-state index is 12.2. The molecule has 0 aromatic rings. The van der Waals surface area contributed by atoms with Crippen molar-refractivity contribution in [3.05, 3.63) is 0 Å². The molecule has 2 N–H and O–H groups in total. The molecule has 1 saturated heterocycles. The Balaban J connectivity index is 1.93. The number of hydrogen-bond donors (Lipinski definition) is 1. The zero-order valence-electron chi connectivity index (χ0n) is 9.15. The van der Waals surface area contributed by atoms with E-state index in [1.165, 1.54) is 0 Å². The Bertz CT molecular complexity index is 225. The molecule has 1 amide bonds. The van der Waals surface area contributed by atoms with Crippen molar-refractivity contribution < 1.29 is 9.53 Å². The van der Waals surface area contributed by atoms with E-state index in [1.807, 2.05) is 4.90 Å². The fourth-order valence-electron chi connectivity index (χ4n) is 2.50. The van der Waals surface area contributed by atoms with E-state index in [0.717, 1.165) is 45.4 Å². The predicted molar refractivity (Wildman–Crippen MR) is 57.3 cm³/mol. The molecule has 2 unspecified atom stereocenters. The Morgan fingerprint density at radius 2 is 2.07 bits per heavy atom. The van der Waals surface area contributed by atoms with Gasteiger partial charge in [0.15, 0.2) is 0 Å². The molecule has 4 heteroatoms. The number of ether oxygens (including phenoxy) is 1. The lowest BCUT2D eigenvalue weighted by Crippen LogP contribution is -2.42. The number of hydrogen-bond acceptors (Lipinski definition) is 3. The van der Waals surface area contributed by atoms with Gasteiger partial charge in [-0.05, 0) is 19.3 Å². The molecule has 2 aliphatic rings. The largest absolute Gasteiger partial charge is 0.380 e. The molecule has 15 heavy (non-hydrogen) atoms. The molecule has 2 fully saturated rings. The maximum Gasteiger partial charge on any atom is 0.227 e. The molecule has 0 radical (unpaired) electrons. The minimum Gasteiger partial charge on any atom is -0.380 e. The molecule has 86 valence electrons. The van der Waals surface area contributed by atoms with Crippen LogP contribution < -0.4 is 5.73 Å². The van der Waals surface area contributed by atoms with Gasteiger partial charge in [0.25, 0.3) is 0 Å². The third-order valence-electron chi connectivity index (χ3n) is 3.42. The second kappa shape index (κ2) is 4.94. The van der Waals surface area contributed by atoms with Gasteiger partial charge in [-0.25, -0.2) is 0 Å². The van der Waals surface area contributed by atoms with E-state index < -0.39 is 0 Å². The minimum atomic E-state index is 0.0723. The highest BCUT2D eigenvalue weighted by Crippen LogP contribution is 2.26. The van der Waals surface area contributed by atoms with Crippen molar-refractivity contribution in [1.29, 1.82) is 0 Å². The first-order chi connectivity index (χ1) is 7.29. The van der Waals surface area contributed by atoms with E-state index in [-0.39, 0.29) is 17.9 Å². The number of nitrogens with two attached hydrogens (primary N) is 1. The highest BCUT2D eigenvalue weighted by molar-refractivity contribution is 5.80. The zero-order valence-corrected chi connectivity index (χ0v) is 9.15. The van der Waals surface area contributed by atoms with Crippen molar-refractivity contribution in [1.82, 2.24) is 4.90 Å². The lowest BCUT2D eigenvalue weighted by atomic mass is 10.0. The van der Waals surface area contributed by atoms with Crippen LogP contribution in [0.15, 0.2) is 0 Å². The van der Waals surface area contributed by atoms with Crippen LogP contribution in [-0.2, 0) is 9.53 Å². The van der Waals surface area contributed by atoms with Gasteiger partial charge >= 0.3 is 0 Å². The summed E-state index contributed by atoms with van der Waals surface area (Å²) >= 11 is 0. The quantitative estimate of drug-likeness (QED) is 0.683. The molecular weight excluding hydrogens is 192 g/mol. The average Bonchev–Trinajstić information content (AvgIpc) is 2.53. The first-order valence-electron chi connectivity index (χ1n) is 5.91. The highest BCUT2D eigenvalue weighted by atomic mass is 16.5. The second-order valence-electron chi connectivity index (χ2n) is 4.49. The monoisotopic (exact) mass is 212 g/mol. The molecule has 1 aliphatic heterocycles. The summed E-state index contributed by atoms with van der Waals surface area (Å²) in [4.78, 5) is 14.1. The summed E-state index contributed by atoms with van der Waals surface area (Å²) in [5.41, 5.74) is 5.95. The summed E-state index contributed by atoms with van der Waals surface area (Å²) in [5, 5.41) is 0. The van der Waals surface area contributed by atoms with Gasteiger partial charge in [0, 0.05) is 25.7 Å². The number of nitrogens with zero attached hydrogens (tertiary/aromatic N) is 1. The Labute approximate surface area is 90.8 Å². The van der Waals surface area contributed by atoms with E-state index in [2.05, 4.69) is 0 Å². The van der Waals surface area contributed by atoms with Crippen molar-refractivity contribution in [2.24, 2.45) is 11.7 Å². The molecule has 2 atom stereocenters. The van der Waals surface area contributed by atoms with Crippen LogP contribution in [-0.4, -0.2) is 43.2 Å². The molecule has 2 rings (SSSR count). The Kier molecular flexibility index (Phi) is 3.59. The van der Waals surface area contributed by atoms with E-state index >= 15 is 0 Å². The Hall–Kier alpha value is -0.610. The molecule has 0 bridgehead atoms. The SMILES string of the molecule is NC1CCCC1C(=O)N1CCCOCC1. The summed E-state index contributed by atoms with van der Waals surface area (Å²) < 4.78 is 5.34. The van der Waals surface area contributed by atoms with E-state index in [9.17, 15) is 4.79 Å². The van der Waals surface area contributed by atoms with Crippen LogP contribution in [0.3, 0.4) is 0 Å². The summed E-state index contributed by atoms with van der Waals surface area (Å²) in [7, 11) is 0. The first-order valence-corrected chi connectivity index (χ1v) is 5.91. The smallest absolute Gasteiger partial charge is 0.227 e. The Morgan fingerprint density at radius 3 is 2.80 bits per heavy atom. The second-order valence-corrected chi connectivity index (χ2v) is 4.49.